The standard InChI is InChI=1S/C22H25NO6/c1-2-27-20-14-18(22(25)29-15-17-6-4-3-5-7-17)8-9-19(20)28-16-21(24)23-10-12-26-13-11-23/h3-9,14H,2,10-13,15-16H2,1H3. The fourth-order valence-electron chi connectivity index (χ4n) is 2.87. The SMILES string of the molecule is CCOc1cc(C(=O)OCc2ccccc2)ccc1OCC(=O)N1CCOCC1. The van der Waals surface area contributed by atoms with E-state index in [0.717, 1.165) is 5.56 Å². The van der Waals surface area contributed by atoms with Crippen LogP contribution in [0.2, 0.25) is 0 Å². The van der Waals surface area contributed by atoms with Crippen LogP contribution in [0, 0.1) is 0 Å². The maximum absolute atomic E-state index is 12.4. The van der Waals surface area contributed by atoms with E-state index in [0.29, 0.717) is 50.0 Å². The minimum atomic E-state index is -0.453. The smallest absolute Gasteiger partial charge is 0.338 e. The number of carbonyl (C=O) groups excluding carboxylic acids is 2. The molecule has 0 aromatic heterocycles. The normalized spacial score (nSPS) is 13.6. The van der Waals surface area contributed by atoms with E-state index in [-0.39, 0.29) is 19.1 Å². The van der Waals surface area contributed by atoms with Crippen LogP contribution < -0.4 is 9.47 Å². The summed E-state index contributed by atoms with van der Waals surface area (Å²) in [4.78, 5) is 26.3. The summed E-state index contributed by atoms with van der Waals surface area (Å²) in [5, 5.41) is 0. The Kier molecular flexibility index (Phi) is 7.47. The fraction of sp³-hybridized carbons (Fsp3) is 0.364. The Morgan fingerprint density at radius 2 is 1.76 bits per heavy atom. The van der Waals surface area contributed by atoms with Crippen molar-refractivity contribution in [3.8, 4) is 11.5 Å². The van der Waals surface area contributed by atoms with Crippen molar-refractivity contribution in [2.45, 2.75) is 13.5 Å². The van der Waals surface area contributed by atoms with E-state index in [1.54, 1.807) is 23.1 Å². The van der Waals surface area contributed by atoms with Crippen LogP contribution in [-0.4, -0.2) is 56.3 Å². The minimum absolute atomic E-state index is 0.0993. The van der Waals surface area contributed by atoms with Crippen LogP contribution in [-0.2, 0) is 20.9 Å². The van der Waals surface area contributed by atoms with Crippen molar-refractivity contribution >= 4 is 11.9 Å². The first-order valence-electron chi connectivity index (χ1n) is 9.63. The van der Waals surface area contributed by atoms with Gasteiger partial charge in [0.25, 0.3) is 5.91 Å². The zero-order chi connectivity index (χ0) is 20.5. The number of amides is 1. The lowest BCUT2D eigenvalue weighted by atomic mass is 10.2. The second kappa shape index (κ2) is 10.5. The van der Waals surface area contributed by atoms with E-state index in [4.69, 9.17) is 18.9 Å². The number of esters is 1. The Bertz CT molecular complexity index is 817. The molecule has 0 spiro atoms. The van der Waals surface area contributed by atoms with Gasteiger partial charge in [0.2, 0.25) is 0 Å². The van der Waals surface area contributed by atoms with Gasteiger partial charge in [-0.15, -0.1) is 0 Å². The van der Waals surface area contributed by atoms with E-state index in [1.165, 1.54) is 0 Å². The van der Waals surface area contributed by atoms with E-state index < -0.39 is 5.97 Å². The first-order chi connectivity index (χ1) is 14.2. The Morgan fingerprint density at radius 1 is 1.00 bits per heavy atom. The van der Waals surface area contributed by atoms with Gasteiger partial charge in [-0.1, -0.05) is 30.3 Å². The Morgan fingerprint density at radius 3 is 2.48 bits per heavy atom. The van der Waals surface area contributed by atoms with Crippen LogP contribution in [0.3, 0.4) is 0 Å². The summed E-state index contributed by atoms with van der Waals surface area (Å²) < 4.78 is 21.9. The van der Waals surface area contributed by atoms with Crippen molar-refractivity contribution in [3.63, 3.8) is 0 Å². The molecular formula is C22H25NO6. The van der Waals surface area contributed by atoms with Gasteiger partial charge in [-0.05, 0) is 30.7 Å². The van der Waals surface area contributed by atoms with E-state index in [2.05, 4.69) is 0 Å². The topological polar surface area (TPSA) is 74.3 Å². The Hall–Kier alpha value is -3.06. The minimum Gasteiger partial charge on any atom is -0.490 e. The summed E-state index contributed by atoms with van der Waals surface area (Å²) in [5.74, 6) is 0.248. The van der Waals surface area contributed by atoms with Gasteiger partial charge in [-0.3, -0.25) is 4.79 Å². The number of benzene rings is 2. The third-order valence-electron chi connectivity index (χ3n) is 4.41. The molecule has 1 saturated heterocycles. The molecule has 0 bridgehead atoms. The highest BCUT2D eigenvalue weighted by molar-refractivity contribution is 5.90. The molecule has 0 aliphatic carbocycles. The van der Waals surface area contributed by atoms with Crippen LogP contribution >= 0.6 is 0 Å². The summed E-state index contributed by atoms with van der Waals surface area (Å²) in [5.41, 5.74) is 1.27. The largest absolute Gasteiger partial charge is 0.490 e. The second-order valence-corrected chi connectivity index (χ2v) is 6.44. The molecule has 2 aromatic rings. The quantitative estimate of drug-likeness (QED) is 0.636. The third kappa shape index (κ3) is 5.96. The summed E-state index contributed by atoms with van der Waals surface area (Å²) in [6.07, 6.45) is 0. The number of ether oxygens (including phenoxy) is 4. The van der Waals surface area contributed by atoms with Crippen molar-refractivity contribution in [2.75, 3.05) is 39.5 Å². The van der Waals surface area contributed by atoms with Crippen molar-refractivity contribution in [1.29, 1.82) is 0 Å². The van der Waals surface area contributed by atoms with Crippen molar-refractivity contribution in [1.82, 2.24) is 4.90 Å². The van der Waals surface area contributed by atoms with Crippen LogP contribution in [0.25, 0.3) is 0 Å². The number of hydrogen-bond acceptors (Lipinski definition) is 6. The molecule has 1 aliphatic rings. The predicted octanol–water partition coefficient (Wildman–Crippen LogP) is 2.68. The molecule has 1 amide bonds. The van der Waals surface area contributed by atoms with Gasteiger partial charge in [0, 0.05) is 13.1 Å². The Labute approximate surface area is 170 Å². The maximum Gasteiger partial charge on any atom is 0.338 e. The van der Waals surface area contributed by atoms with Crippen molar-refractivity contribution in [2.24, 2.45) is 0 Å². The van der Waals surface area contributed by atoms with E-state index in [1.807, 2.05) is 37.3 Å². The Balaban J connectivity index is 1.61. The average molecular weight is 399 g/mol. The van der Waals surface area contributed by atoms with Gasteiger partial charge in [0.15, 0.2) is 18.1 Å². The first-order valence-corrected chi connectivity index (χ1v) is 9.63. The van der Waals surface area contributed by atoms with Crippen LogP contribution in [0.4, 0.5) is 0 Å². The number of carbonyl (C=O) groups is 2. The lowest BCUT2D eigenvalue weighted by Crippen LogP contribution is -2.43. The van der Waals surface area contributed by atoms with Gasteiger partial charge in [-0.2, -0.15) is 0 Å². The van der Waals surface area contributed by atoms with Crippen LogP contribution in [0.15, 0.2) is 48.5 Å². The van der Waals surface area contributed by atoms with E-state index in [9.17, 15) is 9.59 Å². The lowest BCUT2D eigenvalue weighted by Gasteiger charge is -2.26. The third-order valence-corrected chi connectivity index (χ3v) is 4.41. The molecule has 1 aliphatic heterocycles. The van der Waals surface area contributed by atoms with E-state index >= 15 is 0 Å². The second-order valence-electron chi connectivity index (χ2n) is 6.44. The molecule has 0 saturated carbocycles. The summed E-state index contributed by atoms with van der Waals surface area (Å²) in [7, 11) is 0. The van der Waals surface area contributed by atoms with Crippen LogP contribution in [0.5, 0.6) is 11.5 Å². The molecule has 7 nitrogen and oxygen atoms in total. The fourth-order valence-corrected chi connectivity index (χ4v) is 2.87. The van der Waals surface area contributed by atoms with Gasteiger partial charge in [0.1, 0.15) is 6.61 Å². The molecule has 0 radical (unpaired) electrons. The molecule has 1 heterocycles. The molecule has 29 heavy (non-hydrogen) atoms. The highest BCUT2D eigenvalue weighted by atomic mass is 16.5. The molecular weight excluding hydrogens is 374 g/mol. The molecule has 7 heteroatoms. The number of rotatable bonds is 8. The molecule has 154 valence electrons. The molecule has 0 N–H and O–H groups in total. The zero-order valence-corrected chi connectivity index (χ0v) is 16.5. The molecule has 3 rings (SSSR count). The lowest BCUT2D eigenvalue weighted by molar-refractivity contribution is -0.137. The van der Waals surface area contributed by atoms with Gasteiger partial charge in [0.05, 0.1) is 25.4 Å². The number of hydrogen-bond donors (Lipinski definition) is 0. The highest BCUT2D eigenvalue weighted by Crippen LogP contribution is 2.29. The molecule has 2 aromatic carbocycles. The summed E-state index contributed by atoms with van der Waals surface area (Å²) in [6.45, 7) is 4.53. The number of morpholine rings is 1. The van der Waals surface area contributed by atoms with Gasteiger partial charge >= 0.3 is 5.97 Å². The monoisotopic (exact) mass is 399 g/mol. The summed E-state index contributed by atoms with van der Waals surface area (Å²) in [6, 6.07) is 14.3. The highest BCUT2D eigenvalue weighted by Gasteiger charge is 2.19. The van der Waals surface area contributed by atoms with Crippen LogP contribution in [0.1, 0.15) is 22.8 Å². The first kappa shape index (κ1) is 20.7. The van der Waals surface area contributed by atoms with Crippen molar-refractivity contribution in [3.05, 3.63) is 59.7 Å². The van der Waals surface area contributed by atoms with Crippen molar-refractivity contribution < 1.29 is 28.5 Å². The average Bonchev–Trinajstić information content (AvgIpc) is 2.78. The molecule has 1 fully saturated rings. The van der Waals surface area contributed by atoms with Gasteiger partial charge in [-0.25, -0.2) is 4.79 Å². The summed E-state index contributed by atoms with van der Waals surface area (Å²) >= 11 is 0. The van der Waals surface area contributed by atoms with Gasteiger partial charge < -0.3 is 23.8 Å². The predicted molar refractivity (Wildman–Crippen MR) is 106 cm³/mol. The maximum atomic E-state index is 12.4. The molecule has 0 unspecified atom stereocenters. The zero-order valence-electron chi connectivity index (χ0n) is 16.5. The molecule has 0 atom stereocenters. The number of nitrogens with zero attached hydrogens (tertiary/aromatic N) is 1.